The zero-order valence-corrected chi connectivity index (χ0v) is 18.8. The molecule has 0 aliphatic carbocycles. The van der Waals surface area contributed by atoms with Crippen LogP contribution in [0.2, 0.25) is 0 Å². The summed E-state index contributed by atoms with van der Waals surface area (Å²) in [5.74, 6) is -3.04. The third-order valence-electron chi connectivity index (χ3n) is 6.65. The first-order valence-corrected chi connectivity index (χ1v) is 11.3. The third kappa shape index (κ3) is 4.37. The maximum Gasteiger partial charge on any atom is 0.296 e. The minimum atomic E-state index is -3.04. The van der Waals surface area contributed by atoms with Crippen LogP contribution in [-0.2, 0) is 15.4 Å². The van der Waals surface area contributed by atoms with Crippen molar-refractivity contribution < 1.29 is 18.3 Å². The Kier molecular flexibility index (Phi) is 5.88. The van der Waals surface area contributed by atoms with Crippen molar-refractivity contribution in [3.8, 4) is 0 Å². The van der Waals surface area contributed by atoms with Crippen LogP contribution in [0, 0.1) is 0 Å². The molecular formula is C25H28F2N4O2. The van der Waals surface area contributed by atoms with Crippen LogP contribution >= 0.6 is 0 Å². The summed E-state index contributed by atoms with van der Waals surface area (Å²) in [6, 6.07) is 12.9. The molecule has 6 nitrogen and oxygen atoms in total. The number of aromatic nitrogens is 2. The lowest BCUT2D eigenvalue weighted by Gasteiger charge is -2.46. The highest BCUT2D eigenvalue weighted by molar-refractivity contribution is 5.93. The van der Waals surface area contributed by atoms with Gasteiger partial charge in [-0.2, -0.15) is 19.0 Å². The minimum absolute atomic E-state index is 0.0575. The summed E-state index contributed by atoms with van der Waals surface area (Å²) >= 11 is 0. The second-order valence-corrected chi connectivity index (χ2v) is 8.93. The van der Waals surface area contributed by atoms with Gasteiger partial charge in [0.1, 0.15) is 6.61 Å². The predicted octanol–water partition coefficient (Wildman–Crippen LogP) is 4.91. The summed E-state index contributed by atoms with van der Waals surface area (Å²) in [6.07, 6.45) is 4.25. The Balaban J connectivity index is 1.42. The molecule has 0 radical (unpaired) electrons. The van der Waals surface area contributed by atoms with E-state index in [9.17, 15) is 8.78 Å². The Morgan fingerprint density at radius 2 is 2.12 bits per heavy atom. The molecule has 3 aromatic rings. The average Bonchev–Trinajstić information content (AvgIpc) is 2.85. The summed E-state index contributed by atoms with van der Waals surface area (Å²) in [5, 5.41) is 12.8. The van der Waals surface area contributed by atoms with Crippen molar-refractivity contribution in [3.63, 3.8) is 0 Å². The monoisotopic (exact) mass is 454 g/mol. The van der Waals surface area contributed by atoms with E-state index >= 15 is 0 Å². The van der Waals surface area contributed by atoms with Gasteiger partial charge in [-0.15, -0.1) is 0 Å². The van der Waals surface area contributed by atoms with E-state index in [4.69, 9.17) is 9.47 Å². The molecule has 0 spiro atoms. The van der Waals surface area contributed by atoms with Crippen LogP contribution in [0.4, 0.5) is 20.2 Å². The van der Waals surface area contributed by atoms with Crippen molar-refractivity contribution >= 4 is 22.3 Å². The number of anilines is 2. The van der Waals surface area contributed by atoms with Crippen molar-refractivity contribution in [1.29, 1.82) is 0 Å². The lowest BCUT2D eigenvalue weighted by atomic mass is 9.96. The van der Waals surface area contributed by atoms with Crippen molar-refractivity contribution in [3.05, 3.63) is 59.8 Å². The van der Waals surface area contributed by atoms with E-state index in [0.29, 0.717) is 12.1 Å². The second-order valence-electron chi connectivity index (χ2n) is 8.93. The summed E-state index contributed by atoms with van der Waals surface area (Å²) < 4.78 is 39.2. The van der Waals surface area contributed by atoms with Gasteiger partial charge in [-0.05, 0) is 49.6 Å². The molecule has 8 heteroatoms. The third-order valence-corrected chi connectivity index (χ3v) is 6.65. The number of alkyl halides is 2. The summed E-state index contributed by atoms with van der Waals surface area (Å²) in [5.41, 5.74) is 3.45. The number of ether oxygens (including phenoxy) is 2. The SMILES string of the molecule is COCC(F)(F)c1cccc([C@@H](C)Nc2cnnc3ccc(N4CC5CCC4CO5)cc23)c1. The molecule has 1 N–H and O–H groups in total. The molecule has 2 aromatic carbocycles. The van der Waals surface area contributed by atoms with E-state index in [1.54, 1.807) is 12.3 Å². The van der Waals surface area contributed by atoms with Crippen LogP contribution < -0.4 is 10.2 Å². The van der Waals surface area contributed by atoms with Gasteiger partial charge in [-0.1, -0.05) is 18.2 Å². The Morgan fingerprint density at radius 1 is 1.24 bits per heavy atom. The average molecular weight is 455 g/mol. The lowest BCUT2D eigenvalue weighted by Crippen LogP contribution is -2.54. The number of methoxy groups -OCH3 is 1. The number of rotatable bonds is 7. The normalized spacial score (nSPS) is 21.4. The number of benzene rings is 2. The first-order valence-electron chi connectivity index (χ1n) is 11.3. The van der Waals surface area contributed by atoms with Crippen molar-refractivity contribution in [1.82, 2.24) is 10.2 Å². The molecule has 4 heterocycles. The standard InChI is InChI=1S/C25H28F2N4O2/c1-16(17-4-3-5-18(10-17)25(26,27)15-32-2)29-24-12-28-30-23-9-7-19(11-22(23)24)31-13-21-8-6-20(31)14-33-21/h3-5,7,9-12,16,20-21H,6,8,13-15H2,1-2H3,(H,29,30)/t16-,20?,21?/m1/s1. The van der Waals surface area contributed by atoms with E-state index in [-0.39, 0.29) is 11.6 Å². The maximum absolute atomic E-state index is 14.3. The van der Waals surface area contributed by atoms with Crippen LogP contribution in [0.15, 0.2) is 48.7 Å². The van der Waals surface area contributed by atoms with Gasteiger partial charge < -0.3 is 19.7 Å². The number of morpholine rings is 1. The van der Waals surface area contributed by atoms with Crippen LogP contribution in [0.1, 0.15) is 36.9 Å². The molecule has 3 aliphatic rings. The molecule has 2 unspecified atom stereocenters. The highest BCUT2D eigenvalue weighted by Crippen LogP contribution is 2.35. The van der Waals surface area contributed by atoms with E-state index < -0.39 is 12.5 Å². The second kappa shape index (κ2) is 8.83. The highest BCUT2D eigenvalue weighted by Gasteiger charge is 2.35. The molecule has 3 saturated heterocycles. The highest BCUT2D eigenvalue weighted by atomic mass is 19.3. The Hall–Kier alpha value is -2.84. The van der Waals surface area contributed by atoms with E-state index in [1.165, 1.54) is 19.2 Å². The summed E-state index contributed by atoms with van der Waals surface area (Å²) in [7, 11) is 1.28. The minimum Gasteiger partial charge on any atom is -0.378 e. The number of halogens is 2. The maximum atomic E-state index is 14.3. The van der Waals surface area contributed by atoms with Gasteiger partial charge in [-0.3, -0.25) is 0 Å². The number of nitrogens with zero attached hydrogens (tertiary/aromatic N) is 3. The van der Waals surface area contributed by atoms with Gasteiger partial charge in [0.15, 0.2) is 0 Å². The number of hydrogen-bond acceptors (Lipinski definition) is 6. The molecule has 3 atom stereocenters. The fraction of sp³-hybridized carbons (Fsp3) is 0.440. The zero-order chi connectivity index (χ0) is 23.0. The van der Waals surface area contributed by atoms with Crippen molar-refractivity contribution in [2.75, 3.05) is 37.1 Å². The Bertz CT molecular complexity index is 1130. The quantitative estimate of drug-likeness (QED) is 0.548. The topological polar surface area (TPSA) is 59.5 Å². The van der Waals surface area contributed by atoms with Crippen LogP contribution in [0.3, 0.4) is 0 Å². The zero-order valence-electron chi connectivity index (χ0n) is 18.8. The van der Waals surface area contributed by atoms with Crippen LogP contribution in [0.5, 0.6) is 0 Å². The molecule has 1 aromatic heterocycles. The number of hydrogen-bond donors (Lipinski definition) is 1. The molecule has 3 aliphatic heterocycles. The fourth-order valence-corrected chi connectivity index (χ4v) is 4.82. The molecule has 3 fully saturated rings. The molecule has 0 saturated carbocycles. The van der Waals surface area contributed by atoms with Gasteiger partial charge >= 0.3 is 0 Å². The Morgan fingerprint density at radius 3 is 2.85 bits per heavy atom. The Labute approximate surface area is 191 Å². The molecule has 0 amide bonds. The number of piperidine rings is 1. The van der Waals surface area contributed by atoms with Crippen molar-refractivity contribution in [2.24, 2.45) is 0 Å². The summed E-state index contributed by atoms with van der Waals surface area (Å²) in [4.78, 5) is 2.42. The first-order chi connectivity index (χ1) is 15.9. The largest absolute Gasteiger partial charge is 0.378 e. The van der Waals surface area contributed by atoms with Crippen LogP contribution in [-0.4, -0.2) is 49.2 Å². The van der Waals surface area contributed by atoms with Crippen LogP contribution in [0.25, 0.3) is 10.9 Å². The smallest absolute Gasteiger partial charge is 0.296 e. The number of fused-ring (bicyclic) bond motifs is 4. The molecular weight excluding hydrogens is 426 g/mol. The van der Waals surface area contributed by atoms with E-state index in [1.807, 2.05) is 19.1 Å². The van der Waals surface area contributed by atoms with Gasteiger partial charge in [0.25, 0.3) is 5.92 Å². The van der Waals surface area contributed by atoms with E-state index in [2.05, 4.69) is 32.5 Å². The molecule has 6 rings (SSSR count). The molecule has 2 bridgehead atoms. The van der Waals surface area contributed by atoms with Gasteiger partial charge in [0, 0.05) is 36.3 Å². The summed E-state index contributed by atoms with van der Waals surface area (Å²) in [6.45, 7) is 2.97. The van der Waals surface area contributed by atoms with Gasteiger partial charge in [0.05, 0.1) is 36.2 Å². The van der Waals surface area contributed by atoms with Gasteiger partial charge in [-0.25, -0.2) is 0 Å². The van der Waals surface area contributed by atoms with Gasteiger partial charge in [0.2, 0.25) is 0 Å². The fourth-order valence-electron chi connectivity index (χ4n) is 4.82. The predicted molar refractivity (Wildman–Crippen MR) is 124 cm³/mol. The molecule has 174 valence electrons. The molecule has 33 heavy (non-hydrogen) atoms. The first kappa shape index (κ1) is 22.0. The lowest BCUT2D eigenvalue weighted by molar-refractivity contribution is -0.0698. The number of nitrogens with one attached hydrogen (secondary N) is 1. The van der Waals surface area contributed by atoms with E-state index in [0.717, 1.165) is 53.8 Å². The van der Waals surface area contributed by atoms with Crippen molar-refractivity contribution in [2.45, 2.75) is 43.9 Å².